The molecule has 0 bridgehead atoms. The summed E-state index contributed by atoms with van der Waals surface area (Å²) >= 11 is 0. The van der Waals surface area contributed by atoms with Gasteiger partial charge in [0.15, 0.2) is 11.6 Å². The van der Waals surface area contributed by atoms with E-state index in [1.54, 1.807) is 6.07 Å². The van der Waals surface area contributed by atoms with Crippen molar-refractivity contribution in [2.45, 2.75) is 25.3 Å². The van der Waals surface area contributed by atoms with Crippen LogP contribution in [0.25, 0.3) is 0 Å². The first-order chi connectivity index (χ1) is 8.69. The summed E-state index contributed by atoms with van der Waals surface area (Å²) in [4.78, 5) is 12.0. The standard InChI is InChI=1S/C13H15FN2O2/c1-18-12-6-11-10(5-8(12)14)16-13(17)7-3-2-4-9(7)15-11/h5-7,9,15H,2-4H2,1H3,(H,16,17). The van der Waals surface area contributed by atoms with E-state index in [1.165, 1.54) is 13.2 Å². The van der Waals surface area contributed by atoms with Crippen LogP contribution in [0.1, 0.15) is 19.3 Å². The minimum atomic E-state index is -0.467. The molecule has 0 spiro atoms. The summed E-state index contributed by atoms with van der Waals surface area (Å²) in [5.41, 5.74) is 1.23. The zero-order valence-corrected chi connectivity index (χ0v) is 10.1. The van der Waals surface area contributed by atoms with Crippen LogP contribution < -0.4 is 15.4 Å². The van der Waals surface area contributed by atoms with Crippen LogP contribution in [0.15, 0.2) is 12.1 Å². The van der Waals surface area contributed by atoms with Gasteiger partial charge in [-0.3, -0.25) is 4.79 Å². The Morgan fingerprint density at radius 2 is 2.17 bits per heavy atom. The van der Waals surface area contributed by atoms with E-state index in [2.05, 4.69) is 10.6 Å². The Morgan fingerprint density at radius 3 is 2.94 bits per heavy atom. The van der Waals surface area contributed by atoms with Crippen molar-refractivity contribution >= 4 is 17.3 Å². The molecule has 1 aliphatic heterocycles. The van der Waals surface area contributed by atoms with Crippen molar-refractivity contribution in [2.24, 2.45) is 5.92 Å². The van der Waals surface area contributed by atoms with Gasteiger partial charge in [0.05, 0.1) is 24.4 Å². The van der Waals surface area contributed by atoms with Crippen LogP contribution in [0.4, 0.5) is 15.8 Å². The van der Waals surface area contributed by atoms with E-state index in [-0.39, 0.29) is 23.6 Å². The van der Waals surface area contributed by atoms with Gasteiger partial charge >= 0.3 is 0 Å². The van der Waals surface area contributed by atoms with Crippen molar-refractivity contribution in [1.82, 2.24) is 0 Å². The molecule has 0 radical (unpaired) electrons. The van der Waals surface area contributed by atoms with Gasteiger partial charge in [0.1, 0.15) is 0 Å². The molecule has 1 aromatic carbocycles. The van der Waals surface area contributed by atoms with Crippen LogP contribution in [-0.4, -0.2) is 19.1 Å². The van der Waals surface area contributed by atoms with E-state index in [9.17, 15) is 9.18 Å². The summed E-state index contributed by atoms with van der Waals surface area (Å²) < 4.78 is 18.6. The Bertz CT molecular complexity index is 504. The van der Waals surface area contributed by atoms with Crippen LogP contribution >= 0.6 is 0 Å². The van der Waals surface area contributed by atoms with Crippen LogP contribution in [0, 0.1) is 11.7 Å². The highest BCUT2D eigenvalue weighted by atomic mass is 19.1. The summed E-state index contributed by atoms with van der Waals surface area (Å²) in [6.45, 7) is 0. The molecule has 1 fully saturated rings. The van der Waals surface area contributed by atoms with Gasteiger partial charge in [0.2, 0.25) is 5.91 Å². The maximum Gasteiger partial charge on any atom is 0.229 e. The Labute approximate surface area is 105 Å². The maximum absolute atomic E-state index is 13.6. The van der Waals surface area contributed by atoms with Gasteiger partial charge < -0.3 is 15.4 Å². The predicted molar refractivity (Wildman–Crippen MR) is 66.3 cm³/mol. The fourth-order valence-corrected chi connectivity index (χ4v) is 2.80. The zero-order valence-electron chi connectivity index (χ0n) is 10.1. The van der Waals surface area contributed by atoms with Crippen molar-refractivity contribution in [3.63, 3.8) is 0 Å². The van der Waals surface area contributed by atoms with Crippen LogP contribution in [0.5, 0.6) is 5.75 Å². The number of ether oxygens (including phenoxy) is 1. The van der Waals surface area contributed by atoms with Gasteiger partial charge in [0, 0.05) is 18.2 Å². The highest BCUT2D eigenvalue weighted by Crippen LogP contribution is 2.38. The number of halogens is 1. The largest absolute Gasteiger partial charge is 0.494 e. The molecular weight excluding hydrogens is 235 g/mol. The topological polar surface area (TPSA) is 50.4 Å². The molecule has 4 nitrogen and oxygen atoms in total. The summed E-state index contributed by atoms with van der Waals surface area (Å²) in [5, 5.41) is 6.11. The Morgan fingerprint density at radius 1 is 1.33 bits per heavy atom. The number of carbonyl (C=O) groups excluding carboxylic acids is 1. The number of rotatable bonds is 1. The molecule has 96 valence electrons. The van der Waals surface area contributed by atoms with E-state index in [0.717, 1.165) is 24.9 Å². The summed E-state index contributed by atoms with van der Waals surface area (Å²) in [6, 6.07) is 3.05. The minimum absolute atomic E-state index is 0.0201. The molecule has 2 atom stereocenters. The van der Waals surface area contributed by atoms with Gasteiger partial charge in [-0.2, -0.15) is 0 Å². The molecule has 0 aromatic heterocycles. The van der Waals surface area contributed by atoms with Crippen LogP contribution in [-0.2, 0) is 4.79 Å². The highest BCUT2D eigenvalue weighted by molar-refractivity contribution is 5.98. The number of fused-ring (bicyclic) bond motifs is 2. The fraction of sp³-hybridized carbons (Fsp3) is 0.462. The second kappa shape index (κ2) is 4.15. The first-order valence-corrected chi connectivity index (χ1v) is 6.14. The Hall–Kier alpha value is -1.78. The van der Waals surface area contributed by atoms with E-state index < -0.39 is 5.82 Å². The van der Waals surface area contributed by atoms with E-state index >= 15 is 0 Å². The van der Waals surface area contributed by atoms with Crippen molar-refractivity contribution in [3.8, 4) is 5.75 Å². The number of nitrogens with one attached hydrogen (secondary N) is 2. The van der Waals surface area contributed by atoms with E-state index in [0.29, 0.717) is 5.69 Å². The number of carbonyl (C=O) groups is 1. The molecule has 5 heteroatoms. The quantitative estimate of drug-likeness (QED) is 0.804. The summed E-state index contributed by atoms with van der Waals surface area (Å²) in [7, 11) is 1.43. The number of methoxy groups -OCH3 is 1. The lowest BCUT2D eigenvalue weighted by molar-refractivity contribution is -0.119. The van der Waals surface area contributed by atoms with Crippen LogP contribution in [0.2, 0.25) is 0 Å². The lowest BCUT2D eigenvalue weighted by Crippen LogP contribution is -2.30. The minimum Gasteiger partial charge on any atom is -0.494 e. The number of hydrogen-bond donors (Lipinski definition) is 2. The molecule has 2 aliphatic rings. The molecular formula is C13H15FN2O2. The molecule has 1 amide bonds. The lowest BCUT2D eigenvalue weighted by Gasteiger charge is -2.16. The molecule has 1 aliphatic carbocycles. The van der Waals surface area contributed by atoms with Gasteiger partial charge in [-0.15, -0.1) is 0 Å². The maximum atomic E-state index is 13.6. The molecule has 2 N–H and O–H groups in total. The molecule has 1 saturated carbocycles. The molecule has 3 rings (SSSR count). The third-order valence-corrected chi connectivity index (χ3v) is 3.74. The molecule has 2 unspecified atom stereocenters. The van der Waals surface area contributed by atoms with E-state index in [1.807, 2.05) is 0 Å². The molecule has 1 heterocycles. The highest BCUT2D eigenvalue weighted by Gasteiger charge is 2.36. The molecule has 1 aromatic rings. The van der Waals surface area contributed by atoms with Gasteiger partial charge in [-0.1, -0.05) is 6.42 Å². The normalized spacial score (nSPS) is 25.6. The molecule has 0 saturated heterocycles. The van der Waals surface area contributed by atoms with Crippen molar-refractivity contribution in [2.75, 3.05) is 17.7 Å². The SMILES string of the molecule is COc1cc2c(cc1F)NC(=O)C1CCCC1N2. The first kappa shape index (κ1) is 11.3. The number of benzene rings is 1. The van der Waals surface area contributed by atoms with Crippen molar-refractivity contribution in [3.05, 3.63) is 17.9 Å². The fourth-order valence-electron chi connectivity index (χ4n) is 2.80. The zero-order chi connectivity index (χ0) is 12.7. The summed E-state index contributed by atoms with van der Waals surface area (Å²) in [5.74, 6) is -0.322. The number of hydrogen-bond acceptors (Lipinski definition) is 3. The average molecular weight is 250 g/mol. The van der Waals surface area contributed by atoms with E-state index in [4.69, 9.17) is 4.74 Å². The second-order valence-electron chi connectivity index (χ2n) is 4.81. The Balaban J connectivity index is 2.02. The number of amides is 1. The second-order valence-corrected chi connectivity index (χ2v) is 4.81. The van der Waals surface area contributed by atoms with Crippen molar-refractivity contribution < 1.29 is 13.9 Å². The van der Waals surface area contributed by atoms with Gasteiger partial charge in [0.25, 0.3) is 0 Å². The third kappa shape index (κ3) is 1.70. The lowest BCUT2D eigenvalue weighted by atomic mass is 10.0. The monoisotopic (exact) mass is 250 g/mol. The summed E-state index contributed by atoms with van der Waals surface area (Å²) in [6.07, 6.45) is 2.90. The molecule has 18 heavy (non-hydrogen) atoms. The van der Waals surface area contributed by atoms with Crippen molar-refractivity contribution in [1.29, 1.82) is 0 Å². The predicted octanol–water partition coefficient (Wildman–Crippen LogP) is 2.37. The van der Waals surface area contributed by atoms with Gasteiger partial charge in [-0.25, -0.2) is 4.39 Å². The number of anilines is 2. The first-order valence-electron chi connectivity index (χ1n) is 6.14. The average Bonchev–Trinajstić information content (AvgIpc) is 2.76. The third-order valence-electron chi connectivity index (χ3n) is 3.74. The van der Waals surface area contributed by atoms with Crippen LogP contribution in [0.3, 0.4) is 0 Å². The smallest absolute Gasteiger partial charge is 0.229 e. The Kier molecular flexibility index (Phi) is 2.61. The van der Waals surface area contributed by atoms with Gasteiger partial charge in [-0.05, 0) is 12.8 Å².